The van der Waals surface area contributed by atoms with Crippen LogP contribution in [-0.2, 0) is 16.1 Å². The van der Waals surface area contributed by atoms with Crippen LogP contribution in [0.5, 0.6) is 0 Å². The van der Waals surface area contributed by atoms with Crippen LogP contribution in [0.3, 0.4) is 0 Å². The minimum Gasteiger partial charge on any atom is -0.397 e. The number of carbonyl (C=O) groups excluding carboxylic acids is 1. The fourth-order valence-corrected chi connectivity index (χ4v) is 2.83. The maximum Gasteiger partial charge on any atom is 0.248 e. The van der Waals surface area contributed by atoms with Crippen LogP contribution in [0.15, 0.2) is 64.5 Å². The number of hydrazine groups is 1. The molecule has 1 aromatic carbocycles. The number of nitrogens with one attached hydrogen (secondary N) is 2. The lowest BCUT2D eigenvalue weighted by atomic mass is 10.1. The molecule has 0 bridgehead atoms. The third-order valence-electron chi connectivity index (χ3n) is 4.52. The Morgan fingerprint density at radius 1 is 1.24 bits per heavy atom. The summed E-state index contributed by atoms with van der Waals surface area (Å²) in [4.78, 5) is 18.6. The van der Waals surface area contributed by atoms with Crippen molar-refractivity contribution in [2.45, 2.75) is 13.5 Å². The van der Waals surface area contributed by atoms with Crippen molar-refractivity contribution in [2.75, 3.05) is 38.7 Å². The van der Waals surface area contributed by atoms with Crippen molar-refractivity contribution < 1.29 is 9.53 Å². The van der Waals surface area contributed by atoms with E-state index >= 15 is 0 Å². The molecule has 1 amide bonds. The molecular formula is C21H30N6O2. The Morgan fingerprint density at radius 2 is 1.93 bits per heavy atom. The highest BCUT2D eigenvalue weighted by Crippen LogP contribution is 2.13. The number of aliphatic imine (C=N–C) groups is 1. The molecule has 156 valence electrons. The highest BCUT2D eigenvalue weighted by atomic mass is 16.5. The molecule has 1 saturated heterocycles. The summed E-state index contributed by atoms with van der Waals surface area (Å²) in [6, 6.07) is 7.87. The fourth-order valence-electron chi connectivity index (χ4n) is 2.83. The van der Waals surface area contributed by atoms with Crippen LogP contribution in [-0.4, -0.2) is 50.4 Å². The molecule has 1 aromatic rings. The van der Waals surface area contributed by atoms with Gasteiger partial charge in [-0.3, -0.25) is 20.5 Å². The van der Waals surface area contributed by atoms with Gasteiger partial charge in [0.15, 0.2) is 0 Å². The first-order chi connectivity index (χ1) is 14.0. The molecule has 0 radical (unpaired) electrons. The lowest BCUT2D eigenvalue weighted by Crippen LogP contribution is -2.35. The van der Waals surface area contributed by atoms with E-state index in [1.54, 1.807) is 19.3 Å². The number of amides is 1. The summed E-state index contributed by atoms with van der Waals surface area (Å²) in [5.74, 6) is 5.02. The monoisotopic (exact) mass is 398 g/mol. The predicted molar refractivity (Wildman–Crippen MR) is 117 cm³/mol. The minimum absolute atomic E-state index is 0.236. The summed E-state index contributed by atoms with van der Waals surface area (Å²) in [6.45, 7) is 6.16. The highest BCUT2D eigenvalue weighted by molar-refractivity contribution is 6.00. The van der Waals surface area contributed by atoms with E-state index in [-0.39, 0.29) is 5.91 Å². The van der Waals surface area contributed by atoms with Gasteiger partial charge in [0.2, 0.25) is 5.91 Å². The first kappa shape index (κ1) is 22.4. The molecule has 2 rings (SSSR count). The first-order valence-electron chi connectivity index (χ1n) is 9.46. The third kappa shape index (κ3) is 7.53. The molecular weight excluding hydrogens is 368 g/mol. The normalized spacial score (nSPS) is 16.9. The number of hydrogen-bond acceptors (Lipinski definition) is 7. The molecule has 1 fully saturated rings. The quantitative estimate of drug-likeness (QED) is 0.172. The number of nitrogens with zero attached hydrogens (tertiary/aromatic N) is 2. The lowest BCUT2D eigenvalue weighted by Gasteiger charge is -2.26. The van der Waals surface area contributed by atoms with E-state index in [4.69, 9.17) is 16.3 Å². The molecule has 29 heavy (non-hydrogen) atoms. The highest BCUT2D eigenvalue weighted by Gasteiger charge is 2.10. The Kier molecular flexibility index (Phi) is 9.10. The third-order valence-corrected chi connectivity index (χ3v) is 4.52. The number of anilines is 1. The second kappa shape index (κ2) is 11.8. The molecule has 0 aliphatic carbocycles. The molecule has 1 aliphatic rings. The van der Waals surface area contributed by atoms with E-state index in [2.05, 4.69) is 20.6 Å². The van der Waals surface area contributed by atoms with Gasteiger partial charge in [-0.15, -0.1) is 0 Å². The summed E-state index contributed by atoms with van der Waals surface area (Å²) in [5, 5.41) is 2.86. The van der Waals surface area contributed by atoms with Crippen molar-refractivity contribution in [3.8, 4) is 0 Å². The summed E-state index contributed by atoms with van der Waals surface area (Å²) >= 11 is 0. The molecule has 0 unspecified atom stereocenters. The van der Waals surface area contributed by atoms with Gasteiger partial charge in [-0.2, -0.15) is 0 Å². The van der Waals surface area contributed by atoms with Gasteiger partial charge in [0.05, 0.1) is 18.9 Å². The minimum atomic E-state index is -0.236. The molecule has 0 aromatic heterocycles. The van der Waals surface area contributed by atoms with Crippen LogP contribution in [0.25, 0.3) is 0 Å². The first-order valence-corrected chi connectivity index (χ1v) is 9.46. The van der Waals surface area contributed by atoms with Crippen LogP contribution in [0, 0.1) is 0 Å². The number of morpholine rings is 1. The molecule has 1 heterocycles. The number of allylic oxidation sites excluding steroid dienone is 3. The topological polar surface area (TPSA) is 118 Å². The average Bonchev–Trinajstić information content (AvgIpc) is 2.73. The van der Waals surface area contributed by atoms with Crippen molar-refractivity contribution in [3.05, 3.63) is 65.0 Å². The van der Waals surface area contributed by atoms with Crippen LogP contribution >= 0.6 is 0 Å². The van der Waals surface area contributed by atoms with Crippen molar-refractivity contribution in [1.29, 1.82) is 0 Å². The van der Waals surface area contributed by atoms with Crippen LogP contribution in [0.1, 0.15) is 12.5 Å². The Hall–Kier alpha value is -2.94. The fraction of sp³-hybridized carbons (Fsp3) is 0.333. The van der Waals surface area contributed by atoms with Gasteiger partial charge in [0.1, 0.15) is 0 Å². The van der Waals surface area contributed by atoms with E-state index in [0.29, 0.717) is 11.3 Å². The summed E-state index contributed by atoms with van der Waals surface area (Å²) in [6.07, 6.45) is 6.23. The number of nitrogens with two attached hydrogens (primary N) is 2. The van der Waals surface area contributed by atoms with E-state index in [0.717, 1.165) is 44.1 Å². The van der Waals surface area contributed by atoms with Crippen molar-refractivity contribution in [2.24, 2.45) is 16.6 Å². The van der Waals surface area contributed by atoms with Gasteiger partial charge in [0, 0.05) is 50.9 Å². The Labute approximate surface area is 172 Å². The smallest absolute Gasteiger partial charge is 0.248 e. The Balaban J connectivity index is 1.97. The number of carbonyl (C=O) groups is 1. The molecule has 8 heteroatoms. The van der Waals surface area contributed by atoms with Gasteiger partial charge in [-0.1, -0.05) is 12.1 Å². The van der Waals surface area contributed by atoms with Gasteiger partial charge < -0.3 is 21.2 Å². The largest absolute Gasteiger partial charge is 0.397 e. The zero-order valence-corrected chi connectivity index (χ0v) is 17.0. The molecule has 0 saturated carbocycles. The lowest BCUT2D eigenvalue weighted by molar-refractivity contribution is -0.111. The van der Waals surface area contributed by atoms with Crippen LogP contribution in [0.2, 0.25) is 0 Å². The van der Waals surface area contributed by atoms with E-state index in [1.807, 2.05) is 31.2 Å². The summed E-state index contributed by atoms with van der Waals surface area (Å²) in [7, 11) is 1.65. The Bertz CT molecular complexity index is 790. The van der Waals surface area contributed by atoms with Crippen molar-refractivity contribution in [1.82, 2.24) is 10.3 Å². The predicted octanol–water partition coefficient (Wildman–Crippen LogP) is 1.29. The zero-order chi connectivity index (χ0) is 21.1. The maximum atomic E-state index is 12.3. The molecule has 6 N–H and O–H groups in total. The molecule has 0 spiro atoms. The molecule has 0 atom stereocenters. The second-order valence-corrected chi connectivity index (χ2v) is 6.64. The maximum absolute atomic E-state index is 12.3. The summed E-state index contributed by atoms with van der Waals surface area (Å²) < 4.78 is 5.37. The van der Waals surface area contributed by atoms with Gasteiger partial charge >= 0.3 is 0 Å². The van der Waals surface area contributed by atoms with E-state index in [9.17, 15) is 4.79 Å². The molecule has 1 aliphatic heterocycles. The zero-order valence-electron chi connectivity index (χ0n) is 17.0. The number of ether oxygens (including phenoxy) is 1. The summed E-state index contributed by atoms with van der Waals surface area (Å²) in [5.41, 5.74) is 12.2. The van der Waals surface area contributed by atoms with Crippen LogP contribution < -0.4 is 22.3 Å². The van der Waals surface area contributed by atoms with E-state index < -0.39 is 0 Å². The van der Waals surface area contributed by atoms with Crippen molar-refractivity contribution in [3.63, 3.8) is 0 Å². The SMILES string of the molecule is C\N=C/C(/C=C/C(=O)Nc1ccc(CN2CCOCC2)cc1)=C(C)/C(N)=C/NN. The standard InChI is InChI=1S/C21H30N6O2/c1-16(20(22)14-25-23)18(13-24-2)5-8-21(28)26-19-6-3-17(4-7-19)15-27-9-11-29-12-10-27/h3-8,13-14,25H,9-12,15,22-23H2,1-2H3,(H,26,28)/b8-5+,18-16+,20-14-,24-13-. The van der Waals surface area contributed by atoms with Crippen molar-refractivity contribution >= 4 is 17.8 Å². The molecule has 8 nitrogen and oxygen atoms in total. The van der Waals surface area contributed by atoms with Gasteiger partial charge in [0.25, 0.3) is 0 Å². The average molecular weight is 399 g/mol. The van der Waals surface area contributed by atoms with E-state index in [1.165, 1.54) is 17.8 Å². The van der Waals surface area contributed by atoms with Gasteiger partial charge in [-0.25, -0.2) is 0 Å². The number of benzene rings is 1. The Morgan fingerprint density at radius 3 is 2.55 bits per heavy atom. The number of rotatable bonds is 8. The number of hydrogen-bond donors (Lipinski definition) is 4. The van der Waals surface area contributed by atoms with Crippen LogP contribution in [0.4, 0.5) is 5.69 Å². The second-order valence-electron chi connectivity index (χ2n) is 6.64. The van der Waals surface area contributed by atoms with Gasteiger partial charge in [-0.05, 0) is 41.8 Å².